The number of rotatable bonds is 10. The predicted molar refractivity (Wildman–Crippen MR) is 115 cm³/mol. The molecule has 31 heavy (non-hydrogen) atoms. The molecule has 9 heteroatoms. The van der Waals surface area contributed by atoms with Crippen LogP contribution in [0.2, 0.25) is 0 Å². The Morgan fingerprint density at radius 1 is 1.23 bits per heavy atom. The number of urea groups is 1. The highest BCUT2D eigenvalue weighted by atomic mass is 16.5. The van der Waals surface area contributed by atoms with Crippen molar-refractivity contribution in [1.82, 2.24) is 20.4 Å². The standard InChI is InChI=1S/C22H32N4O5/c1-4-25-11-5-6-16(25)13-23-20(27)10-8-17-21(28)26(22(29)24-17)14-15-7-9-18(30-2)19(12-15)31-3/h7,9,12,16-17H,4-6,8,10-11,13-14H2,1-3H3,(H,23,27)(H,24,29)/t16-,17+/m1/s1. The van der Waals surface area contributed by atoms with Gasteiger partial charge in [0, 0.05) is 19.0 Å². The molecular weight excluding hydrogens is 400 g/mol. The topological polar surface area (TPSA) is 100 Å². The molecule has 170 valence electrons. The molecule has 2 fully saturated rings. The normalized spacial score (nSPS) is 21.3. The summed E-state index contributed by atoms with van der Waals surface area (Å²) in [6.07, 6.45) is 2.73. The molecule has 0 aromatic heterocycles. The second-order valence-electron chi connectivity index (χ2n) is 7.88. The zero-order chi connectivity index (χ0) is 22.4. The number of hydrogen-bond donors (Lipinski definition) is 2. The second-order valence-corrected chi connectivity index (χ2v) is 7.88. The summed E-state index contributed by atoms with van der Waals surface area (Å²) in [6.45, 7) is 4.95. The molecule has 3 rings (SSSR count). The fraction of sp³-hybridized carbons (Fsp3) is 0.591. The molecule has 2 heterocycles. The van der Waals surface area contributed by atoms with Gasteiger partial charge in [-0.25, -0.2) is 4.79 Å². The first-order valence-electron chi connectivity index (χ1n) is 10.8. The molecule has 4 amide bonds. The van der Waals surface area contributed by atoms with Crippen molar-refractivity contribution >= 4 is 17.8 Å². The van der Waals surface area contributed by atoms with E-state index in [2.05, 4.69) is 22.5 Å². The summed E-state index contributed by atoms with van der Waals surface area (Å²) in [5.41, 5.74) is 0.747. The van der Waals surface area contributed by atoms with Crippen LogP contribution in [-0.4, -0.2) is 73.6 Å². The molecule has 2 N–H and O–H groups in total. The number of amides is 4. The van der Waals surface area contributed by atoms with Crippen molar-refractivity contribution in [1.29, 1.82) is 0 Å². The van der Waals surface area contributed by atoms with Crippen LogP contribution in [0.4, 0.5) is 4.79 Å². The van der Waals surface area contributed by atoms with Crippen molar-refractivity contribution in [3.63, 3.8) is 0 Å². The Bertz CT molecular complexity index is 815. The fourth-order valence-corrected chi connectivity index (χ4v) is 4.22. The predicted octanol–water partition coefficient (Wildman–Crippen LogP) is 1.50. The molecule has 0 aliphatic carbocycles. The number of methoxy groups -OCH3 is 2. The number of benzene rings is 1. The number of carbonyl (C=O) groups excluding carboxylic acids is 3. The third-order valence-corrected chi connectivity index (χ3v) is 6.00. The SMILES string of the molecule is CCN1CCC[C@@H]1CNC(=O)CC[C@@H]1NC(=O)N(Cc2ccc(OC)c(OC)c2)C1=O. The molecule has 0 bridgehead atoms. The summed E-state index contributed by atoms with van der Waals surface area (Å²) >= 11 is 0. The molecule has 1 aromatic carbocycles. The van der Waals surface area contributed by atoms with Crippen molar-refractivity contribution < 1.29 is 23.9 Å². The second kappa shape index (κ2) is 10.5. The number of nitrogens with one attached hydrogen (secondary N) is 2. The highest BCUT2D eigenvalue weighted by Crippen LogP contribution is 2.28. The summed E-state index contributed by atoms with van der Waals surface area (Å²) in [6, 6.07) is 4.51. The first-order valence-corrected chi connectivity index (χ1v) is 10.8. The van der Waals surface area contributed by atoms with Crippen LogP contribution < -0.4 is 20.1 Å². The van der Waals surface area contributed by atoms with E-state index in [9.17, 15) is 14.4 Å². The van der Waals surface area contributed by atoms with E-state index in [1.807, 2.05) is 0 Å². The number of carbonyl (C=O) groups is 3. The van der Waals surface area contributed by atoms with Crippen LogP contribution >= 0.6 is 0 Å². The lowest BCUT2D eigenvalue weighted by molar-refractivity contribution is -0.128. The van der Waals surface area contributed by atoms with E-state index < -0.39 is 12.1 Å². The van der Waals surface area contributed by atoms with Crippen molar-refractivity contribution in [3.8, 4) is 11.5 Å². The average molecular weight is 433 g/mol. The van der Waals surface area contributed by atoms with E-state index in [0.29, 0.717) is 24.1 Å². The molecule has 2 atom stereocenters. The number of nitrogens with zero attached hydrogens (tertiary/aromatic N) is 2. The molecule has 9 nitrogen and oxygen atoms in total. The average Bonchev–Trinajstić information content (AvgIpc) is 3.35. The van der Waals surface area contributed by atoms with Gasteiger partial charge in [0.25, 0.3) is 5.91 Å². The van der Waals surface area contributed by atoms with Crippen molar-refractivity contribution in [2.24, 2.45) is 0 Å². The maximum Gasteiger partial charge on any atom is 0.325 e. The summed E-state index contributed by atoms with van der Waals surface area (Å²) in [5, 5.41) is 5.66. The summed E-state index contributed by atoms with van der Waals surface area (Å²) < 4.78 is 10.5. The van der Waals surface area contributed by atoms with Crippen LogP contribution in [0.15, 0.2) is 18.2 Å². The maximum atomic E-state index is 12.7. The fourth-order valence-electron chi connectivity index (χ4n) is 4.22. The Morgan fingerprint density at radius 3 is 2.71 bits per heavy atom. The Hall–Kier alpha value is -2.81. The third-order valence-electron chi connectivity index (χ3n) is 6.00. The Labute approximate surface area is 183 Å². The Morgan fingerprint density at radius 2 is 2.00 bits per heavy atom. The largest absolute Gasteiger partial charge is 0.493 e. The van der Waals surface area contributed by atoms with Crippen LogP contribution in [0.3, 0.4) is 0 Å². The van der Waals surface area contributed by atoms with Crippen molar-refractivity contribution in [2.45, 2.75) is 51.2 Å². The minimum atomic E-state index is -0.683. The van der Waals surface area contributed by atoms with Gasteiger partial charge < -0.3 is 20.1 Å². The molecule has 0 saturated carbocycles. The molecule has 2 aliphatic heterocycles. The van der Waals surface area contributed by atoms with E-state index in [-0.39, 0.29) is 31.2 Å². The molecular formula is C22H32N4O5. The quantitative estimate of drug-likeness (QED) is 0.544. The van der Waals surface area contributed by atoms with Gasteiger partial charge in [0.05, 0.1) is 20.8 Å². The van der Waals surface area contributed by atoms with E-state index >= 15 is 0 Å². The lowest BCUT2D eigenvalue weighted by Crippen LogP contribution is -2.40. The van der Waals surface area contributed by atoms with Gasteiger partial charge in [-0.05, 0) is 50.0 Å². The van der Waals surface area contributed by atoms with Crippen molar-refractivity contribution in [2.75, 3.05) is 33.9 Å². The van der Waals surface area contributed by atoms with Crippen LogP contribution in [-0.2, 0) is 16.1 Å². The number of imide groups is 1. The van der Waals surface area contributed by atoms with Gasteiger partial charge >= 0.3 is 6.03 Å². The molecule has 2 saturated heterocycles. The van der Waals surface area contributed by atoms with Gasteiger partial charge in [0.2, 0.25) is 5.91 Å². The van der Waals surface area contributed by atoms with Crippen LogP contribution in [0.5, 0.6) is 11.5 Å². The lowest BCUT2D eigenvalue weighted by atomic mass is 10.1. The molecule has 0 radical (unpaired) electrons. The van der Waals surface area contributed by atoms with Crippen molar-refractivity contribution in [3.05, 3.63) is 23.8 Å². The Balaban J connectivity index is 1.49. The minimum Gasteiger partial charge on any atom is -0.493 e. The van der Waals surface area contributed by atoms with Gasteiger partial charge in [-0.1, -0.05) is 13.0 Å². The molecule has 2 aliphatic rings. The van der Waals surface area contributed by atoms with E-state index in [1.165, 1.54) is 12.0 Å². The highest BCUT2D eigenvalue weighted by molar-refractivity contribution is 6.04. The molecule has 0 spiro atoms. The molecule has 1 aromatic rings. The molecule has 0 unspecified atom stereocenters. The minimum absolute atomic E-state index is 0.0941. The van der Waals surface area contributed by atoms with E-state index in [4.69, 9.17) is 9.47 Å². The zero-order valence-corrected chi connectivity index (χ0v) is 18.5. The Kier molecular flexibility index (Phi) is 7.73. The first kappa shape index (κ1) is 22.9. The lowest BCUT2D eigenvalue weighted by Gasteiger charge is -2.22. The summed E-state index contributed by atoms with van der Waals surface area (Å²) in [4.78, 5) is 40.8. The summed E-state index contributed by atoms with van der Waals surface area (Å²) in [7, 11) is 3.08. The van der Waals surface area contributed by atoms with Crippen LogP contribution in [0, 0.1) is 0 Å². The number of ether oxygens (including phenoxy) is 2. The monoisotopic (exact) mass is 432 g/mol. The number of likely N-dealkylation sites (N-methyl/N-ethyl adjacent to an activating group) is 1. The van der Waals surface area contributed by atoms with Gasteiger partial charge in [-0.3, -0.25) is 19.4 Å². The first-order chi connectivity index (χ1) is 15.0. The van der Waals surface area contributed by atoms with E-state index in [0.717, 1.165) is 31.5 Å². The van der Waals surface area contributed by atoms with Gasteiger partial charge in [-0.2, -0.15) is 0 Å². The number of hydrogen-bond acceptors (Lipinski definition) is 6. The third kappa shape index (κ3) is 5.46. The highest BCUT2D eigenvalue weighted by Gasteiger charge is 2.38. The van der Waals surface area contributed by atoms with E-state index in [1.54, 1.807) is 25.3 Å². The maximum absolute atomic E-state index is 12.7. The van der Waals surface area contributed by atoms with Gasteiger partial charge in [0.1, 0.15) is 6.04 Å². The van der Waals surface area contributed by atoms with Crippen LogP contribution in [0.1, 0.15) is 38.2 Å². The van der Waals surface area contributed by atoms with Gasteiger partial charge in [-0.15, -0.1) is 0 Å². The zero-order valence-electron chi connectivity index (χ0n) is 18.5. The van der Waals surface area contributed by atoms with Crippen LogP contribution in [0.25, 0.3) is 0 Å². The summed E-state index contributed by atoms with van der Waals surface area (Å²) in [5.74, 6) is 0.694. The van der Waals surface area contributed by atoms with Gasteiger partial charge in [0.15, 0.2) is 11.5 Å². The smallest absolute Gasteiger partial charge is 0.325 e. The number of likely N-dealkylation sites (tertiary alicyclic amines) is 1.